The van der Waals surface area contributed by atoms with Crippen LogP contribution in [-0.2, 0) is 0 Å². The van der Waals surface area contributed by atoms with Gasteiger partial charge in [-0.2, -0.15) is 4.68 Å². The first-order valence-corrected chi connectivity index (χ1v) is 9.60. The summed E-state index contributed by atoms with van der Waals surface area (Å²) in [6.07, 6.45) is 4.56. The molecule has 0 radical (unpaired) electrons. The Bertz CT molecular complexity index is 1410. The molecule has 150 valence electrons. The number of pyridine rings is 1. The molecule has 31 heavy (non-hydrogen) atoms. The summed E-state index contributed by atoms with van der Waals surface area (Å²) in [4.78, 5) is 28.8. The molecule has 3 aromatic heterocycles. The molecule has 5 aromatic rings. The predicted molar refractivity (Wildman–Crippen MR) is 115 cm³/mol. The van der Waals surface area contributed by atoms with Gasteiger partial charge in [0.05, 0.1) is 16.6 Å². The number of carboxylic acid groups (broad SMARTS) is 1. The monoisotopic (exact) mass is 428 g/mol. The standard InChI is InChI=1S/C22H13ClN6O2/c23-16-5-1-13(2-6-16)21-27-20(14-3-7-17-18(11-14)25-10-9-24-17)28-29(21)19-8-4-15(12-26-19)22(30)31/h1-12H,(H,30,31). The van der Waals surface area contributed by atoms with Gasteiger partial charge in [-0.15, -0.1) is 5.10 Å². The van der Waals surface area contributed by atoms with Crippen LogP contribution in [-0.4, -0.2) is 40.8 Å². The molecule has 9 heteroatoms. The Hall–Kier alpha value is -4.17. The smallest absolute Gasteiger partial charge is 0.337 e. The summed E-state index contributed by atoms with van der Waals surface area (Å²) in [5.74, 6) is 0.408. The number of nitrogens with zero attached hydrogens (tertiary/aromatic N) is 6. The summed E-state index contributed by atoms with van der Waals surface area (Å²) in [6.45, 7) is 0. The van der Waals surface area contributed by atoms with E-state index in [2.05, 4.69) is 20.1 Å². The molecule has 0 spiro atoms. The number of hydrogen-bond acceptors (Lipinski definition) is 6. The van der Waals surface area contributed by atoms with Crippen LogP contribution in [0.4, 0.5) is 0 Å². The van der Waals surface area contributed by atoms with Gasteiger partial charge in [-0.05, 0) is 54.6 Å². The average Bonchev–Trinajstić information content (AvgIpc) is 3.25. The van der Waals surface area contributed by atoms with Crippen molar-refractivity contribution in [2.24, 2.45) is 0 Å². The third-order valence-corrected chi connectivity index (χ3v) is 4.90. The van der Waals surface area contributed by atoms with Crippen molar-refractivity contribution in [1.29, 1.82) is 0 Å². The molecule has 8 nitrogen and oxygen atoms in total. The minimum absolute atomic E-state index is 0.0882. The normalized spacial score (nSPS) is 11.0. The first-order valence-electron chi connectivity index (χ1n) is 9.22. The number of aromatic nitrogens is 6. The Kier molecular flexibility index (Phi) is 4.61. The van der Waals surface area contributed by atoms with Crippen LogP contribution in [0, 0.1) is 0 Å². The average molecular weight is 429 g/mol. The van der Waals surface area contributed by atoms with Gasteiger partial charge in [-0.25, -0.2) is 14.8 Å². The lowest BCUT2D eigenvalue weighted by molar-refractivity contribution is 0.0696. The second-order valence-corrected chi connectivity index (χ2v) is 7.08. The van der Waals surface area contributed by atoms with Crippen LogP contribution in [0.15, 0.2) is 73.2 Å². The van der Waals surface area contributed by atoms with Crippen LogP contribution in [0.5, 0.6) is 0 Å². The summed E-state index contributed by atoms with van der Waals surface area (Å²) in [6, 6.07) is 15.9. The zero-order valence-corrected chi connectivity index (χ0v) is 16.6. The van der Waals surface area contributed by atoms with Crippen molar-refractivity contribution in [3.8, 4) is 28.6 Å². The summed E-state index contributed by atoms with van der Waals surface area (Å²) in [5, 5.41) is 14.4. The van der Waals surface area contributed by atoms with Gasteiger partial charge in [0.25, 0.3) is 0 Å². The van der Waals surface area contributed by atoms with Crippen molar-refractivity contribution in [2.75, 3.05) is 0 Å². The molecule has 0 atom stereocenters. The van der Waals surface area contributed by atoms with Gasteiger partial charge in [0.15, 0.2) is 17.5 Å². The third-order valence-electron chi connectivity index (χ3n) is 4.65. The van der Waals surface area contributed by atoms with E-state index in [1.807, 2.05) is 30.3 Å². The van der Waals surface area contributed by atoms with Crippen molar-refractivity contribution >= 4 is 28.6 Å². The quantitative estimate of drug-likeness (QED) is 0.455. The van der Waals surface area contributed by atoms with Gasteiger partial charge in [0.2, 0.25) is 0 Å². The summed E-state index contributed by atoms with van der Waals surface area (Å²) < 4.78 is 1.57. The highest BCUT2D eigenvalue weighted by molar-refractivity contribution is 6.30. The second kappa shape index (κ2) is 7.58. The van der Waals surface area contributed by atoms with Crippen molar-refractivity contribution in [1.82, 2.24) is 29.7 Å². The lowest BCUT2D eigenvalue weighted by Crippen LogP contribution is -2.04. The zero-order valence-electron chi connectivity index (χ0n) is 15.8. The maximum Gasteiger partial charge on any atom is 0.337 e. The maximum atomic E-state index is 11.2. The number of fused-ring (bicyclic) bond motifs is 1. The minimum atomic E-state index is -1.05. The lowest BCUT2D eigenvalue weighted by Gasteiger charge is -2.05. The SMILES string of the molecule is O=C(O)c1ccc(-n2nc(-c3ccc4nccnc4c3)nc2-c2ccc(Cl)cc2)nc1. The molecule has 3 heterocycles. The first-order chi connectivity index (χ1) is 15.1. The molecule has 2 aromatic carbocycles. The maximum absolute atomic E-state index is 11.2. The second-order valence-electron chi connectivity index (χ2n) is 6.65. The molecule has 0 saturated carbocycles. The number of carboxylic acids is 1. The fourth-order valence-corrected chi connectivity index (χ4v) is 3.25. The fraction of sp³-hybridized carbons (Fsp3) is 0. The van der Waals surface area contributed by atoms with Crippen LogP contribution in [0.3, 0.4) is 0 Å². The Morgan fingerprint density at radius 3 is 2.32 bits per heavy atom. The molecular weight excluding hydrogens is 416 g/mol. The van der Waals surface area contributed by atoms with Gasteiger partial charge in [-0.1, -0.05) is 11.6 Å². The van der Waals surface area contributed by atoms with Crippen LogP contribution >= 0.6 is 11.6 Å². The van der Waals surface area contributed by atoms with E-state index >= 15 is 0 Å². The Balaban J connectivity index is 1.67. The molecule has 1 N–H and O–H groups in total. The van der Waals surface area contributed by atoms with E-state index in [-0.39, 0.29) is 5.56 Å². The van der Waals surface area contributed by atoms with Crippen LogP contribution in [0.2, 0.25) is 5.02 Å². The first kappa shape index (κ1) is 18.8. The number of aromatic carboxylic acids is 1. The molecule has 5 rings (SSSR count). The highest BCUT2D eigenvalue weighted by atomic mass is 35.5. The van der Waals surface area contributed by atoms with E-state index in [0.29, 0.717) is 22.5 Å². The van der Waals surface area contributed by atoms with E-state index in [0.717, 1.165) is 22.2 Å². The molecule has 0 saturated heterocycles. The lowest BCUT2D eigenvalue weighted by atomic mass is 10.2. The van der Waals surface area contributed by atoms with E-state index < -0.39 is 5.97 Å². The molecule has 0 aliphatic rings. The number of hydrogen-bond donors (Lipinski definition) is 1. The van der Waals surface area contributed by atoms with Gasteiger partial charge in [-0.3, -0.25) is 9.97 Å². The largest absolute Gasteiger partial charge is 0.478 e. The van der Waals surface area contributed by atoms with E-state index in [4.69, 9.17) is 21.7 Å². The molecule has 0 aliphatic carbocycles. The molecular formula is C22H13ClN6O2. The molecule has 0 amide bonds. The van der Waals surface area contributed by atoms with E-state index in [1.54, 1.807) is 35.3 Å². The number of carbonyl (C=O) groups is 1. The van der Waals surface area contributed by atoms with Gasteiger partial charge < -0.3 is 5.11 Å². The van der Waals surface area contributed by atoms with Crippen LogP contribution < -0.4 is 0 Å². The van der Waals surface area contributed by atoms with Crippen molar-refractivity contribution in [2.45, 2.75) is 0 Å². The number of rotatable bonds is 4. The Morgan fingerprint density at radius 1 is 0.871 bits per heavy atom. The van der Waals surface area contributed by atoms with Crippen molar-refractivity contribution < 1.29 is 9.90 Å². The number of halogens is 1. The van der Waals surface area contributed by atoms with E-state index in [9.17, 15) is 4.79 Å². The molecule has 0 aliphatic heterocycles. The van der Waals surface area contributed by atoms with Gasteiger partial charge in [0.1, 0.15) is 0 Å². The third kappa shape index (κ3) is 3.60. The highest BCUT2D eigenvalue weighted by Gasteiger charge is 2.17. The number of benzene rings is 2. The Labute approximate surface area is 180 Å². The topological polar surface area (TPSA) is 107 Å². The van der Waals surface area contributed by atoms with Crippen molar-refractivity contribution in [3.63, 3.8) is 0 Å². The molecule has 0 fully saturated rings. The van der Waals surface area contributed by atoms with Crippen molar-refractivity contribution in [3.05, 3.63) is 83.8 Å². The molecule has 0 bridgehead atoms. The predicted octanol–water partition coefficient (Wildman–Crippen LogP) is 4.29. The summed E-state index contributed by atoms with van der Waals surface area (Å²) in [7, 11) is 0. The van der Waals surface area contributed by atoms with Gasteiger partial charge >= 0.3 is 5.97 Å². The molecule has 0 unspecified atom stereocenters. The summed E-state index contributed by atoms with van der Waals surface area (Å²) >= 11 is 6.04. The van der Waals surface area contributed by atoms with Crippen LogP contribution in [0.1, 0.15) is 10.4 Å². The van der Waals surface area contributed by atoms with Crippen LogP contribution in [0.25, 0.3) is 39.6 Å². The summed E-state index contributed by atoms with van der Waals surface area (Å²) in [5.41, 5.74) is 3.14. The zero-order chi connectivity index (χ0) is 21.4. The Morgan fingerprint density at radius 2 is 1.61 bits per heavy atom. The van der Waals surface area contributed by atoms with E-state index in [1.165, 1.54) is 12.3 Å². The van der Waals surface area contributed by atoms with Gasteiger partial charge in [0, 0.05) is 34.7 Å². The highest BCUT2D eigenvalue weighted by Crippen LogP contribution is 2.27. The fourth-order valence-electron chi connectivity index (χ4n) is 3.12. The minimum Gasteiger partial charge on any atom is -0.478 e.